The van der Waals surface area contributed by atoms with E-state index < -0.39 is 0 Å². The minimum atomic E-state index is -0.197. The first-order valence-corrected chi connectivity index (χ1v) is 8.53. The van der Waals surface area contributed by atoms with E-state index in [1.165, 1.54) is 17.7 Å². The minimum Gasteiger partial charge on any atom is -0.370 e. The molecule has 0 aliphatic carbocycles. The summed E-state index contributed by atoms with van der Waals surface area (Å²) in [7, 11) is 2.13. The number of aliphatic imine (C=N–C) groups is 1. The molecule has 2 heterocycles. The van der Waals surface area contributed by atoms with Gasteiger partial charge in [0.2, 0.25) is 0 Å². The number of hydrogen-bond donors (Lipinski definition) is 1. The van der Waals surface area contributed by atoms with Crippen LogP contribution in [0.4, 0.5) is 10.1 Å². The SMILES string of the molecule is CN1CC=C(CN=C(N)N2CCN(c3ccc(F)cc3)CC2)CC1.I. The number of benzene rings is 1. The molecule has 25 heavy (non-hydrogen) atoms. The van der Waals surface area contributed by atoms with Crippen LogP contribution in [-0.2, 0) is 0 Å². The highest BCUT2D eigenvalue weighted by Gasteiger charge is 2.18. The summed E-state index contributed by atoms with van der Waals surface area (Å²) in [6.07, 6.45) is 3.33. The van der Waals surface area contributed by atoms with Crippen LogP contribution in [0.3, 0.4) is 0 Å². The van der Waals surface area contributed by atoms with E-state index in [2.05, 4.69) is 32.8 Å². The Kier molecular flexibility index (Phi) is 7.49. The van der Waals surface area contributed by atoms with E-state index in [0.717, 1.165) is 51.4 Å². The summed E-state index contributed by atoms with van der Waals surface area (Å²) in [5, 5.41) is 0. The fourth-order valence-electron chi connectivity index (χ4n) is 3.08. The Morgan fingerprint density at radius 2 is 1.80 bits per heavy atom. The maximum Gasteiger partial charge on any atom is 0.191 e. The predicted molar refractivity (Wildman–Crippen MR) is 112 cm³/mol. The molecule has 0 amide bonds. The Morgan fingerprint density at radius 1 is 1.12 bits per heavy atom. The molecule has 5 nitrogen and oxygen atoms in total. The van der Waals surface area contributed by atoms with E-state index >= 15 is 0 Å². The summed E-state index contributed by atoms with van der Waals surface area (Å²) in [5.41, 5.74) is 8.60. The van der Waals surface area contributed by atoms with Crippen molar-refractivity contribution < 1.29 is 4.39 Å². The lowest BCUT2D eigenvalue weighted by molar-refractivity contribution is 0.357. The van der Waals surface area contributed by atoms with Crippen LogP contribution in [0.15, 0.2) is 40.9 Å². The van der Waals surface area contributed by atoms with Gasteiger partial charge in [-0.1, -0.05) is 11.6 Å². The third kappa shape index (κ3) is 5.57. The summed E-state index contributed by atoms with van der Waals surface area (Å²) in [4.78, 5) is 11.3. The number of likely N-dealkylation sites (N-methyl/N-ethyl adjacent to an activating group) is 1. The van der Waals surface area contributed by atoms with Crippen molar-refractivity contribution in [2.24, 2.45) is 10.7 Å². The molecule has 1 aromatic carbocycles. The second kappa shape index (κ2) is 9.38. The van der Waals surface area contributed by atoms with Crippen LogP contribution < -0.4 is 10.6 Å². The first kappa shape index (κ1) is 20.0. The fourth-order valence-corrected chi connectivity index (χ4v) is 3.08. The van der Waals surface area contributed by atoms with Gasteiger partial charge in [0, 0.05) is 45.0 Å². The summed E-state index contributed by atoms with van der Waals surface area (Å²) < 4.78 is 13.0. The lowest BCUT2D eigenvalue weighted by Gasteiger charge is -2.36. The standard InChI is InChI=1S/C18H26FN5.HI/c1-22-8-6-15(7-9-22)14-21-18(20)24-12-10-23(11-13-24)17-4-2-16(19)3-5-17;/h2-6H,7-14H2,1H3,(H2,20,21);1H. The molecular formula is C18H27FIN5. The highest BCUT2D eigenvalue weighted by Crippen LogP contribution is 2.17. The monoisotopic (exact) mass is 459 g/mol. The zero-order chi connectivity index (χ0) is 16.9. The van der Waals surface area contributed by atoms with Gasteiger partial charge in [0.25, 0.3) is 0 Å². The van der Waals surface area contributed by atoms with Crippen LogP contribution in [0.1, 0.15) is 6.42 Å². The van der Waals surface area contributed by atoms with Crippen molar-refractivity contribution in [3.63, 3.8) is 0 Å². The Bertz CT molecular complexity index is 608. The molecule has 2 aliphatic heterocycles. The highest BCUT2D eigenvalue weighted by molar-refractivity contribution is 14.0. The molecule has 0 saturated carbocycles. The van der Waals surface area contributed by atoms with Gasteiger partial charge in [0.15, 0.2) is 5.96 Å². The van der Waals surface area contributed by atoms with E-state index in [0.29, 0.717) is 12.5 Å². The normalized spacial score (nSPS) is 19.4. The van der Waals surface area contributed by atoms with Crippen molar-refractivity contribution in [1.82, 2.24) is 9.80 Å². The van der Waals surface area contributed by atoms with Crippen LogP contribution in [0, 0.1) is 5.82 Å². The first-order chi connectivity index (χ1) is 11.6. The van der Waals surface area contributed by atoms with E-state index in [1.807, 2.05) is 12.1 Å². The molecule has 7 heteroatoms. The number of rotatable bonds is 3. The number of anilines is 1. The van der Waals surface area contributed by atoms with Gasteiger partial charge in [0.1, 0.15) is 5.82 Å². The molecular weight excluding hydrogens is 432 g/mol. The molecule has 0 unspecified atom stereocenters. The van der Waals surface area contributed by atoms with Crippen LogP contribution >= 0.6 is 24.0 Å². The first-order valence-electron chi connectivity index (χ1n) is 8.53. The Morgan fingerprint density at radius 3 is 2.40 bits per heavy atom. The number of nitrogens with zero attached hydrogens (tertiary/aromatic N) is 4. The van der Waals surface area contributed by atoms with E-state index in [-0.39, 0.29) is 29.8 Å². The number of nitrogens with two attached hydrogens (primary N) is 1. The lowest BCUT2D eigenvalue weighted by atomic mass is 10.1. The fraction of sp³-hybridized carbons (Fsp3) is 0.500. The molecule has 3 rings (SSSR count). The van der Waals surface area contributed by atoms with Crippen LogP contribution in [-0.4, -0.2) is 68.6 Å². The molecule has 0 aromatic heterocycles. The highest BCUT2D eigenvalue weighted by atomic mass is 127. The number of hydrogen-bond acceptors (Lipinski definition) is 3. The smallest absolute Gasteiger partial charge is 0.191 e. The molecule has 138 valence electrons. The average molecular weight is 459 g/mol. The summed E-state index contributed by atoms with van der Waals surface area (Å²) >= 11 is 0. The van der Waals surface area contributed by atoms with Crippen molar-refractivity contribution in [2.75, 3.05) is 57.8 Å². The zero-order valence-electron chi connectivity index (χ0n) is 14.7. The van der Waals surface area contributed by atoms with Crippen molar-refractivity contribution in [3.05, 3.63) is 41.7 Å². The maximum atomic E-state index is 13.0. The molecule has 0 bridgehead atoms. The van der Waals surface area contributed by atoms with Crippen molar-refractivity contribution in [3.8, 4) is 0 Å². The van der Waals surface area contributed by atoms with Crippen LogP contribution in [0.5, 0.6) is 0 Å². The number of guanidine groups is 1. The molecule has 1 fully saturated rings. The van der Waals surface area contributed by atoms with E-state index in [9.17, 15) is 4.39 Å². The zero-order valence-corrected chi connectivity index (χ0v) is 17.0. The Labute approximate surface area is 166 Å². The van der Waals surface area contributed by atoms with Gasteiger partial charge in [0.05, 0.1) is 6.54 Å². The van der Waals surface area contributed by atoms with Gasteiger partial charge >= 0.3 is 0 Å². The number of piperazine rings is 1. The van der Waals surface area contributed by atoms with Gasteiger partial charge in [-0.25, -0.2) is 9.38 Å². The summed E-state index contributed by atoms with van der Waals surface area (Å²) in [6.45, 7) is 6.23. The summed E-state index contributed by atoms with van der Waals surface area (Å²) in [5.74, 6) is 0.436. The molecule has 0 radical (unpaired) electrons. The van der Waals surface area contributed by atoms with Crippen molar-refractivity contribution >= 4 is 35.6 Å². The van der Waals surface area contributed by atoms with E-state index in [1.54, 1.807) is 0 Å². The van der Waals surface area contributed by atoms with Crippen LogP contribution in [0.25, 0.3) is 0 Å². The van der Waals surface area contributed by atoms with Gasteiger partial charge < -0.3 is 20.4 Å². The van der Waals surface area contributed by atoms with E-state index in [4.69, 9.17) is 5.73 Å². The minimum absolute atomic E-state index is 0. The molecule has 2 aliphatic rings. The predicted octanol–water partition coefficient (Wildman–Crippen LogP) is 2.14. The number of halogens is 2. The van der Waals surface area contributed by atoms with Gasteiger partial charge in [-0.3, -0.25) is 0 Å². The summed E-state index contributed by atoms with van der Waals surface area (Å²) in [6, 6.07) is 6.67. The molecule has 1 saturated heterocycles. The Hall–Kier alpha value is -1.35. The van der Waals surface area contributed by atoms with Crippen molar-refractivity contribution in [1.29, 1.82) is 0 Å². The Balaban J connectivity index is 0.00000225. The maximum absolute atomic E-state index is 13.0. The van der Waals surface area contributed by atoms with Gasteiger partial charge in [-0.2, -0.15) is 0 Å². The quantitative estimate of drug-likeness (QED) is 0.326. The molecule has 0 atom stereocenters. The largest absolute Gasteiger partial charge is 0.370 e. The second-order valence-corrected chi connectivity index (χ2v) is 6.50. The molecule has 1 aromatic rings. The topological polar surface area (TPSA) is 48.1 Å². The van der Waals surface area contributed by atoms with Gasteiger partial charge in [-0.05, 0) is 37.7 Å². The third-order valence-corrected chi connectivity index (χ3v) is 4.75. The molecule has 0 spiro atoms. The van der Waals surface area contributed by atoms with Gasteiger partial charge in [-0.15, -0.1) is 24.0 Å². The average Bonchev–Trinajstić information content (AvgIpc) is 2.62. The third-order valence-electron chi connectivity index (χ3n) is 4.75. The lowest BCUT2D eigenvalue weighted by Crippen LogP contribution is -2.51. The van der Waals surface area contributed by atoms with Crippen molar-refractivity contribution in [2.45, 2.75) is 6.42 Å². The van der Waals surface area contributed by atoms with Crippen LogP contribution in [0.2, 0.25) is 0 Å². The molecule has 2 N–H and O–H groups in total. The second-order valence-electron chi connectivity index (χ2n) is 6.50.